The molecule has 2 aliphatic carbocycles. The van der Waals surface area contributed by atoms with Gasteiger partial charge in [-0.2, -0.15) is 12.9 Å². The minimum absolute atomic E-state index is 0.00123. The molecule has 30 nitrogen and oxygen atoms in total. The fraction of sp³-hybridized carbons (Fsp3) is 0.222. The third-order valence-electron chi connectivity index (χ3n) is 15.8. The Kier molecular flexibility index (Phi) is 19.5. The second-order valence-electron chi connectivity index (χ2n) is 22.5. The van der Waals surface area contributed by atoms with Gasteiger partial charge in [-0.25, -0.2) is 42.4 Å². The van der Waals surface area contributed by atoms with Crippen LogP contribution in [0.15, 0.2) is 129 Å². The number of phosphoric acid groups is 4. The van der Waals surface area contributed by atoms with E-state index < -0.39 is 80.0 Å². The highest BCUT2D eigenvalue weighted by Crippen LogP contribution is 2.71. The maximum Gasteiger partial charge on any atom is 0.490 e. The number of hydrogen-bond donors (Lipinski definition) is 9. The molecule has 6 atom stereocenters. The first-order valence-corrected chi connectivity index (χ1v) is 35.2. The van der Waals surface area contributed by atoms with Gasteiger partial charge in [0.2, 0.25) is 5.36 Å². The molecule has 504 valence electrons. The van der Waals surface area contributed by atoms with Crippen molar-refractivity contribution in [2.75, 3.05) is 52.5 Å². The van der Waals surface area contributed by atoms with Crippen LogP contribution in [0.5, 0.6) is 5.75 Å². The second kappa shape index (κ2) is 27.4. The molecule has 34 heteroatoms. The molecule has 11 rings (SSSR count). The number of carbonyl (C=O) groups excluding carboxylic acids is 1. The molecule has 1 amide bonds. The second-order valence-corrected chi connectivity index (χ2v) is 28.8. The van der Waals surface area contributed by atoms with E-state index in [1.807, 2.05) is 74.1 Å². The van der Waals surface area contributed by atoms with Crippen LogP contribution < -0.4 is 31.3 Å². The minimum Gasteiger partial charge on any atom is -0.507 e. The number of aromatic carboxylic acids is 2. The molecule has 97 heavy (non-hydrogen) atoms. The highest BCUT2D eigenvalue weighted by atomic mass is 31.3. The third-order valence-corrected chi connectivity index (χ3v) is 21.7. The lowest BCUT2D eigenvalue weighted by Gasteiger charge is -2.21. The van der Waals surface area contributed by atoms with Crippen molar-refractivity contribution >= 4 is 93.6 Å². The van der Waals surface area contributed by atoms with Gasteiger partial charge in [-0.1, -0.05) is 36.1 Å². The highest BCUT2D eigenvalue weighted by Gasteiger charge is 2.46. The molecule has 1 saturated heterocycles. The molecule has 6 aromatic rings. The summed E-state index contributed by atoms with van der Waals surface area (Å²) in [5.74, 6) is 3.16. The van der Waals surface area contributed by atoms with E-state index in [-0.39, 0.29) is 94.0 Å². The first-order chi connectivity index (χ1) is 45.9. The molecule has 4 aromatic carbocycles. The van der Waals surface area contributed by atoms with E-state index in [0.717, 1.165) is 11.0 Å². The Morgan fingerprint density at radius 3 is 2.18 bits per heavy atom. The van der Waals surface area contributed by atoms with Crippen molar-refractivity contribution in [3.05, 3.63) is 165 Å². The number of nitrogens with zero attached hydrogens (tertiary/aromatic N) is 5. The number of phosphoric ester groups is 2. The lowest BCUT2D eigenvalue weighted by atomic mass is 9.88. The number of benzene rings is 6. The fourth-order valence-corrected chi connectivity index (χ4v) is 16.1. The number of anilines is 2. The first-order valence-electron chi connectivity index (χ1n) is 29.2. The topological polar surface area (TPSA) is 435 Å². The van der Waals surface area contributed by atoms with Crippen LogP contribution in [-0.2, 0) is 57.9 Å². The molecule has 4 unspecified atom stereocenters. The van der Waals surface area contributed by atoms with Gasteiger partial charge in [-0.05, 0) is 97.5 Å². The standard InChI is InChI=1S/C63H59N7O23P4/c1-68(2)36-16-20-43-51(28-36)89-52-29-37(69(3)4)17-21-44(52)55(43)40-19-15-34(27-47(40)63(76)77)61(73)65-30-48-50(72)25-23-46-56(39-12-9-10-13-41(39)62(74)75)45-22-24-49(71)42(57(45)90-58(46)48)14-8-6-7-11-35-31-70(60-54(35)59(64)66-33-67-60)53-26-18-38(88-53)32-87-95(80,81)92-97(84,85)93-96(82,83)91-94(78,79)86-5/h9-10,12-13,15-17,19-25,27-29,31,33,38,53H,6,8,14,18,26,30,32H2,1-5H3,(H9-,64,65,66,67,71,72,73,74,75,76,77,78,79,80,81,82,83,84,85)/p+1/t38-,53+/m0/s1. The maximum absolute atomic E-state index is 14.3. The van der Waals surface area contributed by atoms with Gasteiger partial charge in [-0.3, -0.25) is 18.6 Å². The summed E-state index contributed by atoms with van der Waals surface area (Å²) in [6.45, 7) is -1.15. The zero-order chi connectivity index (χ0) is 69.6. The van der Waals surface area contributed by atoms with Crippen molar-refractivity contribution in [3.63, 3.8) is 0 Å². The Hall–Kier alpha value is -9.23. The zero-order valence-electron chi connectivity index (χ0n) is 51.8. The number of amides is 1. The molecule has 5 aliphatic rings. The summed E-state index contributed by atoms with van der Waals surface area (Å²) in [5, 5.41) is 37.9. The van der Waals surface area contributed by atoms with Gasteiger partial charge in [0.05, 0.1) is 53.0 Å². The molecule has 0 radical (unpaired) electrons. The van der Waals surface area contributed by atoms with Crippen molar-refractivity contribution in [3.8, 4) is 62.5 Å². The molecule has 0 bridgehead atoms. The van der Waals surface area contributed by atoms with Crippen LogP contribution in [-0.4, -0.2) is 115 Å². The number of ether oxygens (including phenoxy) is 1. The van der Waals surface area contributed by atoms with Crippen LogP contribution in [0, 0.1) is 11.8 Å². The van der Waals surface area contributed by atoms with Crippen molar-refractivity contribution < 1.29 is 103 Å². The number of aromatic nitrogens is 3. The fourth-order valence-electron chi connectivity index (χ4n) is 11.4. The van der Waals surface area contributed by atoms with Crippen LogP contribution in [0.2, 0.25) is 0 Å². The number of nitrogens with one attached hydrogen (secondary N) is 1. The van der Waals surface area contributed by atoms with E-state index in [0.29, 0.717) is 68.0 Å². The number of nitrogens with two attached hydrogens (primary N) is 1. The Morgan fingerprint density at radius 1 is 0.773 bits per heavy atom. The lowest BCUT2D eigenvalue weighted by Crippen LogP contribution is -2.23. The number of aromatic hydroxyl groups is 1. The number of nitrogen functional groups attached to an aromatic ring is 1. The Labute approximate surface area is 549 Å². The smallest absolute Gasteiger partial charge is 0.490 e. The summed E-state index contributed by atoms with van der Waals surface area (Å²) in [5.41, 5.74) is 10.3. The van der Waals surface area contributed by atoms with E-state index in [9.17, 15) is 72.3 Å². The maximum atomic E-state index is 14.3. The third kappa shape index (κ3) is 14.7. The summed E-state index contributed by atoms with van der Waals surface area (Å²) in [4.78, 5) is 104. The first kappa shape index (κ1) is 69.1. The summed E-state index contributed by atoms with van der Waals surface area (Å²) >= 11 is 0. The van der Waals surface area contributed by atoms with Crippen molar-refractivity contribution in [2.45, 2.75) is 51.0 Å². The summed E-state index contributed by atoms with van der Waals surface area (Å²) in [7, 11) is -14.6. The Bertz CT molecular complexity index is 5210. The zero-order valence-corrected chi connectivity index (χ0v) is 55.4. The largest absolute Gasteiger partial charge is 0.507 e. The molecule has 10 N–H and O–H groups in total. The van der Waals surface area contributed by atoms with Crippen molar-refractivity contribution in [1.82, 2.24) is 24.4 Å². The van der Waals surface area contributed by atoms with Gasteiger partial charge in [0.15, 0.2) is 5.43 Å². The van der Waals surface area contributed by atoms with Gasteiger partial charge in [0.1, 0.15) is 66.6 Å². The van der Waals surface area contributed by atoms with Gasteiger partial charge < -0.3 is 69.0 Å². The van der Waals surface area contributed by atoms with Gasteiger partial charge in [0, 0.05) is 95.8 Å². The number of hydrogen-bond acceptors (Lipinski definition) is 21. The number of carboxylic acid groups (broad SMARTS) is 2. The molecule has 0 spiro atoms. The highest BCUT2D eigenvalue weighted by molar-refractivity contribution is 7.69. The van der Waals surface area contributed by atoms with Crippen molar-refractivity contribution in [1.29, 1.82) is 0 Å². The predicted octanol–water partition coefficient (Wildman–Crippen LogP) is 9.71. The number of fused-ring (bicyclic) bond motifs is 5. The molecule has 1 fully saturated rings. The minimum atomic E-state index is -6.00. The quantitative estimate of drug-likeness (QED) is 0.0100. The van der Waals surface area contributed by atoms with E-state index >= 15 is 0 Å². The SMILES string of the molecule is COP(=O)(O)OP(=O)(O)OP(=O)(O)OP(=O)(O)OC[C@@H]1CC[C@H](n2cc(C#CCCCc3c4oc5c(CNC(=O)c6ccc(-c7c8ccc(=[N+](C)C)cc-8oc8cc(N(C)C)ccc78)c(C(=O)O)c6)c(O)ccc5c(-c5ccccc5C(=O)O)c-4ccc3=O)c3c(N)ncnc32)O1. The average molecular weight is 1410 g/mol. The predicted molar refractivity (Wildman–Crippen MR) is 351 cm³/mol. The summed E-state index contributed by atoms with van der Waals surface area (Å²) < 4.78 is 91.6. The van der Waals surface area contributed by atoms with Crippen molar-refractivity contribution in [2.24, 2.45) is 0 Å². The monoisotopic (exact) mass is 1410 g/mol. The van der Waals surface area contributed by atoms with Crippen LogP contribution in [0.25, 0.3) is 77.9 Å². The Morgan fingerprint density at radius 2 is 1.45 bits per heavy atom. The average Bonchev–Trinajstić information content (AvgIpc) is 1.42. The van der Waals surface area contributed by atoms with Gasteiger partial charge >= 0.3 is 43.2 Å². The number of carboxylic acids is 2. The molecule has 5 heterocycles. The number of phenols is 1. The van der Waals surface area contributed by atoms with E-state index in [1.54, 1.807) is 35.0 Å². The Balaban J connectivity index is 0.855. The molecule has 3 aliphatic heterocycles. The molecular weight excluding hydrogens is 1350 g/mol. The van der Waals surface area contributed by atoms with E-state index in [1.165, 1.54) is 48.8 Å². The number of phenolic OH excluding ortho intramolecular Hbond substituents is 1. The number of unbranched alkanes of at least 4 members (excludes halogenated alkanes) is 1. The van der Waals surface area contributed by atoms with E-state index in [4.69, 9.17) is 23.8 Å². The number of carbonyl (C=O) groups is 3. The normalized spacial score (nSPS) is 16.5. The molecular formula is C63H60N7O23P4+. The van der Waals surface area contributed by atoms with Crippen LogP contribution >= 0.6 is 31.3 Å². The van der Waals surface area contributed by atoms with Crippen LogP contribution in [0.4, 0.5) is 11.5 Å². The van der Waals surface area contributed by atoms with Crippen LogP contribution in [0.1, 0.15) is 79.7 Å². The molecule has 0 saturated carbocycles. The van der Waals surface area contributed by atoms with Gasteiger partial charge in [0.25, 0.3) is 5.91 Å². The number of rotatable bonds is 22. The van der Waals surface area contributed by atoms with Gasteiger partial charge in [-0.15, -0.1) is 0 Å². The summed E-state index contributed by atoms with van der Waals surface area (Å²) in [6, 6.07) is 27.5. The lowest BCUT2D eigenvalue weighted by molar-refractivity contribution is -0.0202. The van der Waals surface area contributed by atoms with E-state index in [2.05, 4.69) is 44.6 Å². The molecule has 2 aromatic heterocycles. The van der Waals surface area contributed by atoms with Crippen LogP contribution in [0.3, 0.4) is 0 Å². The summed E-state index contributed by atoms with van der Waals surface area (Å²) in [6.07, 6.45) is 1.88.